The Morgan fingerprint density at radius 2 is 1.94 bits per heavy atom. The second-order valence-electron chi connectivity index (χ2n) is 3.72. The lowest BCUT2D eigenvalue weighted by molar-refractivity contribution is -0.137. The van der Waals surface area contributed by atoms with E-state index in [2.05, 4.69) is 0 Å². The standard InChI is InChI=1S/C11H10F3NO/c12-11(13,14)9-4-1-3-8(7-9)10(16)15-5-2-6-15/h1,3-4,7H,2,5-6H2. The fraction of sp³-hybridized carbons (Fsp3) is 0.364. The lowest BCUT2D eigenvalue weighted by Gasteiger charge is -2.31. The van der Waals surface area contributed by atoms with Crippen LogP contribution in [-0.2, 0) is 6.18 Å². The topological polar surface area (TPSA) is 20.3 Å². The molecule has 1 amide bonds. The number of nitrogens with zero attached hydrogens (tertiary/aromatic N) is 1. The number of hydrogen-bond acceptors (Lipinski definition) is 1. The van der Waals surface area contributed by atoms with Crippen LogP contribution in [0.3, 0.4) is 0 Å². The van der Waals surface area contributed by atoms with Gasteiger partial charge in [-0.25, -0.2) is 0 Å². The Labute approximate surface area is 90.7 Å². The molecule has 16 heavy (non-hydrogen) atoms. The Bertz CT molecular complexity index is 410. The largest absolute Gasteiger partial charge is 0.416 e. The van der Waals surface area contributed by atoms with Crippen LogP contribution in [0, 0.1) is 0 Å². The molecule has 1 saturated heterocycles. The van der Waals surface area contributed by atoms with Gasteiger partial charge in [-0.15, -0.1) is 0 Å². The first-order valence-electron chi connectivity index (χ1n) is 4.95. The van der Waals surface area contributed by atoms with Crippen molar-refractivity contribution in [3.05, 3.63) is 35.4 Å². The number of benzene rings is 1. The maximum atomic E-state index is 12.4. The molecule has 0 saturated carbocycles. The van der Waals surface area contributed by atoms with Crippen LogP contribution in [0.1, 0.15) is 22.3 Å². The minimum absolute atomic E-state index is 0.106. The van der Waals surface area contributed by atoms with E-state index in [1.165, 1.54) is 17.0 Å². The molecule has 0 atom stereocenters. The van der Waals surface area contributed by atoms with Crippen molar-refractivity contribution in [1.82, 2.24) is 4.90 Å². The van der Waals surface area contributed by atoms with Gasteiger partial charge in [-0.2, -0.15) is 13.2 Å². The smallest absolute Gasteiger partial charge is 0.339 e. The summed E-state index contributed by atoms with van der Waals surface area (Å²) in [5.41, 5.74) is -0.673. The van der Waals surface area contributed by atoms with Gasteiger partial charge in [0.25, 0.3) is 5.91 Å². The molecule has 2 nitrogen and oxygen atoms in total. The molecule has 1 fully saturated rings. The van der Waals surface area contributed by atoms with Crippen molar-refractivity contribution in [3.63, 3.8) is 0 Å². The highest BCUT2D eigenvalue weighted by atomic mass is 19.4. The Kier molecular flexibility index (Phi) is 2.61. The fourth-order valence-electron chi connectivity index (χ4n) is 1.53. The molecule has 0 spiro atoms. The number of likely N-dealkylation sites (tertiary alicyclic amines) is 1. The molecule has 0 unspecified atom stereocenters. The van der Waals surface area contributed by atoms with Crippen LogP contribution in [0.2, 0.25) is 0 Å². The normalized spacial score (nSPS) is 15.8. The first-order valence-corrected chi connectivity index (χ1v) is 4.95. The van der Waals surface area contributed by atoms with Gasteiger partial charge in [0.2, 0.25) is 0 Å². The molecule has 1 aromatic rings. The van der Waals surface area contributed by atoms with E-state index < -0.39 is 11.7 Å². The van der Waals surface area contributed by atoms with Crippen molar-refractivity contribution in [1.29, 1.82) is 0 Å². The number of halogens is 3. The third-order valence-electron chi connectivity index (χ3n) is 2.58. The van der Waals surface area contributed by atoms with Gasteiger partial charge in [-0.05, 0) is 24.6 Å². The zero-order valence-corrected chi connectivity index (χ0v) is 8.42. The van der Waals surface area contributed by atoms with Gasteiger partial charge in [0.05, 0.1) is 5.56 Å². The molecular weight excluding hydrogens is 219 g/mol. The van der Waals surface area contributed by atoms with Gasteiger partial charge < -0.3 is 4.90 Å². The van der Waals surface area contributed by atoms with Crippen LogP contribution >= 0.6 is 0 Å². The second kappa shape index (κ2) is 3.81. The summed E-state index contributed by atoms with van der Waals surface area (Å²) in [5.74, 6) is -0.322. The molecule has 0 radical (unpaired) electrons. The number of rotatable bonds is 1. The van der Waals surface area contributed by atoms with E-state index in [1.54, 1.807) is 0 Å². The van der Waals surface area contributed by atoms with Crippen LogP contribution < -0.4 is 0 Å². The number of carbonyl (C=O) groups excluding carboxylic acids is 1. The monoisotopic (exact) mass is 229 g/mol. The Hall–Kier alpha value is -1.52. The van der Waals surface area contributed by atoms with E-state index in [0.717, 1.165) is 18.6 Å². The molecule has 1 aliphatic rings. The SMILES string of the molecule is O=C(c1cccc(C(F)(F)F)c1)N1CCC1. The summed E-state index contributed by atoms with van der Waals surface area (Å²) in [4.78, 5) is 13.2. The van der Waals surface area contributed by atoms with Gasteiger partial charge in [-0.1, -0.05) is 6.07 Å². The number of hydrogen-bond donors (Lipinski definition) is 0. The van der Waals surface area contributed by atoms with Crippen molar-refractivity contribution in [3.8, 4) is 0 Å². The van der Waals surface area contributed by atoms with Crippen LogP contribution in [0.5, 0.6) is 0 Å². The van der Waals surface area contributed by atoms with Crippen molar-refractivity contribution in [2.75, 3.05) is 13.1 Å². The maximum Gasteiger partial charge on any atom is 0.416 e. The van der Waals surface area contributed by atoms with E-state index in [9.17, 15) is 18.0 Å². The van der Waals surface area contributed by atoms with Gasteiger partial charge >= 0.3 is 6.18 Å². The predicted molar refractivity (Wildman–Crippen MR) is 52.0 cm³/mol. The lowest BCUT2D eigenvalue weighted by Crippen LogP contribution is -2.42. The Morgan fingerprint density at radius 3 is 2.44 bits per heavy atom. The van der Waals surface area contributed by atoms with Crippen LogP contribution in [-0.4, -0.2) is 23.9 Å². The molecule has 0 N–H and O–H groups in total. The first kappa shape index (κ1) is 11.0. The molecule has 2 rings (SSSR count). The zero-order valence-electron chi connectivity index (χ0n) is 8.42. The summed E-state index contributed by atoms with van der Waals surface area (Å²) in [6, 6.07) is 4.54. The van der Waals surface area contributed by atoms with Crippen LogP contribution in [0.25, 0.3) is 0 Å². The van der Waals surface area contributed by atoms with Crippen molar-refractivity contribution in [2.24, 2.45) is 0 Å². The quantitative estimate of drug-likeness (QED) is 0.724. The zero-order chi connectivity index (χ0) is 11.8. The molecular formula is C11H10F3NO. The van der Waals surface area contributed by atoms with Crippen LogP contribution in [0.4, 0.5) is 13.2 Å². The molecule has 1 aromatic carbocycles. The molecule has 86 valence electrons. The van der Waals surface area contributed by atoms with E-state index in [1.807, 2.05) is 0 Å². The first-order chi connectivity index (χ1) is 7.48. The summed E-state index contributed by atoms with van der Waals surface area (Å²) in [6.07, 6.45) is -3.48. The summed E-state index contributed by atoms with van der Waals surface area (Å²) < 4.78 is 37.2. The highest BCUT2D eigenvalue weighted by molar-refractivity contribution is 5.94. The summed E-state index contributed by atoms with van der Waals surface area (Å²) in [5, 5.41) is 0. The third-order valence-corrected chi connectivity index (χ3v) is 2.58. The lowest BCUT2D eigenvalue weighted by atomic mass is 10.1. The predicted octanol–water partition coefficient (Wildman–Crippen LogP) is 2.55. The van der Waals surface area contributed by atoms with E-state index in [0.29, 0.717) is 13.1 Å². The van der Waals surface area contributed by atoms with Gasteiger partial charge in [-0.3, -0.25) is 4.79 Å². The number of amides is 1. The molecule has 1 heterocycles. The summed E-state index contributed by atoms with van der Waals surface area (Å²) in [7, 11) is 0. The van der Waals surface area contributed by atoms with Crippen molar-refractivity contribution < 1.29 is 18.0 Å². The second-order valence-corrected chi connectivity index (χ2v) is 3.72. The highest BCUT2D eigenvalue weighted by Crippen LogP contribution is 2.29. The third kappa shape index (κ3) is 2.03. The van der Waals surface area contributed by atoms with E-state index in [-0.39, 0.29) is 11.5 Å². The van der Waals surface area contributed by atoms with Crippen molar-refractivity contribution in [2.45, 2.75) is 12.6 Å². The maximum absolute atomic E-state index is 12.4. The highest BCUT2D eigenvalue weighted by Gasteiger charge is 2.31. The van der Waals surface area contributed by atoms with Gasteiger partial charge in [0.15, 0.2) is 0 Å². The number of alkyl halides is 3. The van der Waals surface area contributed by atoms with Gasteiger partial charge in [0, 0.05) is 18.7 Å². The fourth-order valence-corrected chi connectivity index (χ4v) is 1.53. The minimum Gasteiger partial charge on any atom is -0.339 e. The molecule has 0 aromatic heterocycles. The van der Waals surface area contributed by atoms with Gasteiger partial charge in [0.1, 0.15) is 0 Å². The average Bonchev–Trinajstić information content (AvgIpc) is 2.14. The van der Waals surface area contributed by atoms with E-state index in [4.69, 9.17) is 0 Å². The summed E-state index contributed by atoms with van der Waals surface area (Å²) >= 11 is 0. The average molecular weight is 229 g/mol. The Balaban J connectivity index is 2.25. The van der Waals surface area contributed by atoms with E-state index >= 15 is 0 Å². The molecule has 0 bridgehead atoms. The van der Waals surface area contributed by atoms with Crippen molar-refractivity contribution >= 4 is 5.91 Å². The molecule has 5 heteroatoms. The Morgan fingerprint density at radius 1 is 1.25 bits per heavy atom. The molecule has 0 aliphatic carbocycles. The number of carbonyl (C=O) groups is 1. The molecule has 1 aliphatic heterocycles. The van der Waals surface area contributed by atoms with Crippen LogP contribution in [0.15, 0.2) is 24.3 Å². The summed E-state index contributed by atoms with van der Waals surface area (Å²) in [6.45, 7) is 1.27. The minimum atomic E-state index is -4.40.